The fraction of sp³-hybridized carbons (Fsp3) is 0.316. The van der Waals surface area contributed by atoms with Crippen molar-refractivity contribution in [3.63, 3.8) is 0 Å². The first kappa shape index (κ1) is 17.2. The van der Waals surface area contributed by atoms with Crippen LogP contribution in [0.2, 0.25) is 0 Å². The van der Waals surface area contributed by atoms with Crippen LogP contribution in [0.4, 0.5) is 5.69 Å². The van der Waals surface area contributed by atoms with Crippen LogP contribution in [0.15, 0.2) is 30.3 Å². The van der Waals surface area contributed by atoms with Crippen LogP contribution in [0.5, 0.6) is 0 Å². The normalized spacial score (nSPS) is 14.1. The van der Waals surface area contributed by atoms with Crippen molar-refractivity contribution in [2.75, 3.05) is 5.32 Å². The maximum atomic E-state index is 12.3. The van der Waals surface area contributed by atoms with Gasteiger partial charge in [-0.3, -0.25) is 4.79 Å². The molecular formula is C19H18N2O3S. The van der Waals surface area contributed by atoms with Gasteiger partial charge in [-0.15, -0.1) is 11.3 Å². The molecule has 3 rings (SSSR count). The van der Waals surface area contributed by atoms with Gasteiger partial charge in [-0.1, -0.05) is 0 Å². The number of benzene rings is 1. The van der Waals surface area contributed by atoms with Crippen LogP contribution in [0, 0.1) is 11.3 Å². The quantitative estimate of drug-likeness (QED) is 0.850. The van der Waals surface area contributed by atoms with E-state index in [1.165, 1.54) is 21.8 Å². The van der Waals surface area contributed by atoms with E-state index in [2.05, 4.69) is 5.32 Å². The second-order valence-corrected chi connectivity index (χ2v) is 7.13. The van der Waals surface area contributed by atoms with E-state index < -0.39 is 18.0 Å². The van der Waals surface area contributed by atoms with Crippen LogP contribution in [-0.4, -0.2) is 18.0 Å². The predicted molar refractivity (Wildman–Crippen MR) is 95.6 cm³/mol. The Labute approximate surface area is 150 Å². The van der Waals surface area contributed by atoms with Crippen LogP contribution >= 0.6 is 11.3 Å². The zero-order valence-electron chi connectivity index (χ0n) is 13.9. The molecule has 128 valence electrons. The molecule has 0 aliphatic heterocycles. The van der Waals surface area contributed by atoms with E-state index in [9.17, 15) is 9.59 Å². The van der Waals surface area contributed by atoms with Crippen molar-refractivity contribution < 1.29 is 14.3 Å². The van der Waals surface area contributed by atoms with E-state index in [-0.39, 0.29) is 0 Å². The Bertz CT molecular complexity index is 810. The van der Waals surface area contributed by atoms with Gasteiger partial charge in [0.25, 0.3) is 5.91 Å². The highest BCUT2D eigenvalue weighted by molar-refractivity contribution is 7.14. The number of esters is 1. The van der Waals surface area contributed by atoms with Crippen molar-refractivity contribution >= 4 is 28.9 Å². The molecule has 1 aromatic carbocycles. The molecule has 2 aromatic rings. The third-order valence-electron chi connectivity index (χ3n) is 4.13. The Kier molecular flexibility index (Phi) is 5.15. The van der Waals surface area contributed by atoms with Crippen LogP contribution in [-0.2, 0) is 22.4 Å². The first-order chi connectivity index (χ1) is 12.1. The third kappa shape index (κ3) is 4.06. The Morgan fingerprint density at radius 1 is 1.24 bits per heavy atom. The number of fused-ring (bicyclic) bond motifs is 1. The fourth-order valence-corrected chi connectivity index (χ4v) is 3.87. The predicted octanol–water partition coefficient (Wildman–Crippen LogP) is 3.68. The Morgan fingerprint density at radius 2 is 1.96 bits per heavy atom. The van der Waals surface area contributed by atoms with E-state index in [1.54, 1.807) is 31.2 Å². The number of nitriles is 1. The molecule has 1 N–H and O–H groups in total. The number of rotatable bonds is 4. The molecule has 1 heterocycles. The van der Waals surface area contributed by atoms with Gasteiger partial charge in [0, 0.05) is 10.6 Å². The minimum Gasteiger partial charge on any atom is -0.448 e. The SMILES string of the molecule is C[C@@H](OC(=O)c1cc2c(s1)CCCC2)C(=O)Nc1ccc(C#N)cc1. The summed E-state index contributed by atoms with van der Waals surface area (Å²) in [6.45, 7) is 1.55. The number of carbonyl (C=O) groups is 2. The smallest absolute Gasteiger partial charge is 0.349 e. The lowest BCUT2D eigenvalue weighted by atomic mass is 9.99. The van der Waals surface area contributed by atoms with E-state index >= 15 is 0 Å². The van der Waals surface area contributed by atoms with Gasteiger partial charge in [-0.05, 0) is 68.5 Å². The van der Waals surface area contributed by atoms with Gasteiger partial charge in [-0.2, -0.15) is 5.26 Å². The molecular weight excluding hydrogens is 336 g/mol. The molecule has 0 unspecified atom stereocenters. The second kappa shape index (κ2) is 7.49. The first-order valence-electron chi connectivity index (χ1n) is 8.20. The monoisotopic (exact) mass is 354 g/mol. The van der Waals surface area contributed by atoms with Crippen LogP contribution in [0.25, 0.3) is 0 Å². The summed E-state index contributed by atoms with van der Waals surface area (Å²) in [5.41, 5.74) is 2.30. The molecule has 1 atom stereocenters. The van der Waals surface area contributed by atoms with E-state index in [0.717, 1.165) is 25.7 Å². The van der Waals surface area contributed by atoms with E-state index in [1.807, 2.05) is 12.1 Å². The van der Waals surface area contributed by atoms with E-state index in [4.69, 9.17) is 10.00 Å². The van der Waals surface area contributed by atoms with E-state index in [0.29, 0.717) is 16.1 Å². The lowest BCUT2D eigenvalue weighted by Gasteiger charge is -2.13. The number of nitrogens with zero attached hydrogens (tertiary/aromatic N) is 1. The van der Waals surface area contributed by atoms with Crippen LogP contribution in [0.3, 0.4) is 0 Å². The van der Waals surface area contributed by atoms with Gasteiger partial charge in [0.15, 0.2) is 6.10 Å². The molecule has 0 bridgehead atoms. The van der Waals surface area contributed by atoms with Crippen LogP contribution in [0.1, 0.15) is 45.4 Å². The molecule has 1 aliphatic rings. The molecule has 0 saturated carbocycles. The summed E-state index contributed by atoms with van der Waals surface area (Å²) in [4.78, 5) is 26.3. The van der Waals surface area contributed by atoms with Crippen molar-refractivity contribution in [1.82, 2.24) is 0 Å². The summed E-state index contributed by atoms with van der Waals surface area (Å²) in [5, 5.41) is 11.4. The largest absolute Gasteiger partial charge is 0.448 e. The number of carbonyl (C=O) groups excluding carboxylic acids is 2. The topological polar surface area (TPSA) is 79.2 Å². The standard InChI is InChI=1S/C19H18N2O3S/c1-12(18(22)21-15-8-6-13(11-20)7-9-15)24-19(23)17-10-14-4-2-3-5-16(14)25-17/h6-10,12H,2-5H2,1H3,(H,21,22)/t12-/m1/s1. The van der Waals surface area contributed by atoms with Gasteiger partial charge in [0.05, 0.1) is 11.6 Å². The number of amides is 1. The lowest BCUT2D eigenvalue weighted by molar-refractivity contribution is -0.123. The minimum absolute atomic E-state index is 0.403. The molecule has 0 saturated heterocycles. The van der Waals surface area contributed by atoms with Crippen LogP contribution < -0.4 is 5.32 Å². The van der Waals surface area contributed by atoms with Crippen molar-refractivity contribution in [2.24, 2.45) is 0 Å². The minimum atomic E-state index is -0.901. The summed E-state index contributed by atoms with van der Waals surface area (Å²) >= 11 is 1.47. The first-order valence-corrected chi connectivity index (χ1v) is 9.02. The molecule has 0 spiro atoms. The number of nitrogens with one attached hydrogen (secondary N) is 1. The Morgan fingerprint density at radius 3 is 2.64 bits per heavy atom. The molecule has 1 aliphatic carbocycles. The third-order valence-corrected chi connectivity index (χ3v) is 5.35. The highest BCUT2D eigenvalue weighted by atomic mass is 32.1. The number of aryl methyl sites for hydroxylation is 2. The second-order valence-electron chi connectivity index (χ2n) is 5.99. The molecule has 25 heavy (non-hydrogen) atoms. The van der Waals surface area contributed by atoms with Crippen molar-refractivity contribution in [3.8, 4) is 6.07 Å². The molecule has 0 fully saturated rings. The summed E-state index contributed by atoms with van der Waals surface area (Å²) < 4.78 is 5.30. The average Bonchev–Trinajstić information content (AvgIpc) is 3.06. The summed E-state index contributed by atoms with van der Waals surface area (Å²) in [5.74, 6) is -0.860. The molecule has 6 heteroatoms. The fourth-order valence-electron chi connectivity index (χ4n) is 2.74. The maximum absolute atomic E-state index is 12.3. The highest BCUT2D eigenvalue weighted by Crippen LogP contribution is 2.30. The van der Waals surface area contributed by atoms with Gasteiger partial charge in [0.1, 0.15) is 4.88 Å². The molecule has 1 aromatic heterocycles. The van der Waals surface area contributed by atoms with Crippen molar-refractivity contribution in [2.45, 2.75) is 38.7 Å². The highest BCUT2D eigenvalue weighted by Gasteiger charge is 2.22. The maximum Gasteiger partial charge on any atom is 0.349 e. The average molecular weight is 354 g/mol. The van der Waals surface area contributed by atoms with Crippen molar-refractivity contribution in [3.05, 3.63) is 51.2 Å². The zero-order chi connectivity index (χ0) is 17.8. The number of thiophene rings is 1. The van der Waals surface area contributed by atoms with Gasteiger partial charge < -0.3 is 10.1 Å². The van der Waals surface area contributed by atoms with Gasteiger partial charge in [0.2, 0.25) is 0 Å². The molecule has 5 nitrogen and oxygen atoms in total. The van der Waals surface area contributed by atoms with Crippen molar-refractivity contribution in [1.29, 1.82) is 5.26 Å². The molecule has 0 radical (unpaired) electrons. The summed E-state index contributed by atoms with van der Waals surface area (Å²) in [6.07, 6.45) is 3.44. The lowest BCUT2D eigenvalue weighted by Crippen LogP contribution is -2.29. The number of ether oxygens (including phenoxy) is 1. The zero-order valence-corrected chi connectivity index (χ0v) is 14.7. The number of anilines is 1. The number of hydrogen-bond donors (Lipinski definition) is 1. The molecule has 1 amide bonds. The Balaban J connectivity index is 1.59. The summed E-state index contributed by atoms with van der Waals surface area (Å²) in [6, 6.07) is 10.4. The Hall–Kier alpha value is -2.65. The van der Waals surface area contributed by atoms with Gasteiger partial charge in [-0.25, -0.2) is 4.79 Å². The van der Waals surface area contributed by atoms with Gasteiger partial charge >= 0.3 is 5.97 Å². The number of hydrogen-bond acceptors (Lipinski definition) is 5. The summed E-state index contributed by atoms with van der Waals surface area (Å²) in [7, 11) is 0.